The number of halogens is 1. The summed E-state index contributed by atoms with van der Waals surface area (Å²) in [5.41, 5.74) is 4.09. The average Bonchev–Trinajstić information content (AvgIpc) is 2.15. The van der Waals surface area contributed by atoms with E-state index in [0.29, 0.717) is 0 Å². The van der Waals surface area contributed by atoms with Gasteiger partial charge in [-0.3, -0.25) is 0 Å². The summed E-state index contributed by atoms with van der Waals surface area (Å²) in [6.45, 7) is 4.33. The molecule has 0 unspecified atom stereocenters. The van der Waals surface area contributed by atoms with Gasteiger partial charge in [0.1, 0.15) is 0 Å². The highest BCUT2D eigenvalue weighted by molar-refractivity contribution is 9.09. The Morgan fingerprint density at radius 2 is 2.08 bits per heavy atom. The number of hydrogen-bond acceptors (Lipinski definition) is 0. The predicted octanol–water partition coefficient (Wildman–Crippen LogP) is 4.18. The van der Waals surface area contributed by atoms with Crippen LogP contribution in [0.4, 0.5) is 0 Å². The third-order valence-electron chi connectivity index (χ3n) is 2.13. The van der Waals surface area contributed by atoms with Gasteiger partial charge in [-0.2, -0.15) is 0 Å². The molecule has 0 amide bonds. The van der Waals surface area contributed by atoms with Crippen molar-refractivity contribution < 1.29 is 0 Å². The van der Waals surface area contributed by atoms with Crippen LogP contribution in [-0.4, -0.2) is 5.33 Å². The van der Waals surface area contributed by atoms with Crippen LogP contribution in [-0.2, 0) is 0 Å². The van der Waals surface area contributed by atoms with Crippen molar-refractivity contribution in [3.05, 3.63) is 41.5 Å². The number of rotatable bonds is 3. The van der Waals surface area contributed by atoms with Gasteiger partial charge in [0, 0.05) is 5.33 Å². The summed E-state index contributed by atoms with van der Waals surface area (Å²) in [7, 11) is 0. The molecule has 13 heavy (non-hydrogen) atoms. The van der Waals surface area contributed by atoms with E-state index in [1.165, 1.54) is 16.7 Å². The normalized spacial score (nSPS) is 11.8. The van der Waals surface area contributed by atoms with Crippen molar-refractivity contribution in [3.63, 3.8) is 0 Å². The SMILES string of the molecule is C/C(=C\CCBr)c1ccccc1C. The number of hydrogen-bond donors (Lipinski definition) is 0. The summed E-state index contributed by atoms with van der Waals surface area (Å²) >= 11 is 3.42. The van der Waals surface area contributed by atoms with Crippen molar-refractivity contribution >= 4 is 21.5 Å². The zero-order valence-electron chi connectivity index (χ0n) is 8.18. The second-order valence-corrected chi connectivity index (χ2v) is 3.97. The van der Waals surface area contributed by atoms with E-state index in [0.717, 1.165) is 11.8 Å². The van der Waals surface area contributed by atoms with E-state index < -0.39 is 0 Å². The lowest BCUT2D eigenvalue weighted by Gasteiger charge is -2.04. The first-order valence-electron chi connectivity index (χ1n) is 4.54. The zero-order chi connectivity index (χ0) is 9.68. The third-order valence-corrected chi connectivity index (χ3v) is 2.59. The Balaban J connectivity index is 2.88. The third kappa shape index (κ3) is 3.00. The molecule has 0 saturated heterocycles. The molecule has 0 atom stereocenters. The van der Waals surface area contributed by atoms with Crippen molar-refractivity contribution in [1.29, 1.82) is 0 Å². The Bertz CT molecular complexity index is 300. The summed E-state index contributed by atoms with van der Waals surface area (Å²) < 4.78 is 0. The van der Waals surface area contributed by atoms with Gasteiger partial charge in [-0.1, -0.05) is 46.3 Å². The lowest BCUT2D eigenvalue weighted by atomic mass is 10.0. The first-order chi connectivity index (χ1) is 6.25. The van der Waals surface area contributed by atoms with Gasteiger partial charge in [-0.25, -0.2) is 0 Å². The lowest BCUT2D eigenvalue weighted by molar-refractivity contribution is 1.25. The van der Waals surface area contributed by atoms with Crippen molar-refractivity contribution in [2.75, 3.05) is 5.33 Å². The van der Waals surface area contributed by atoms with Gasteiger partial charge in [0.2, 0.25) is 0 Å². The maximum Gasteiger partial charge on any atom is 0.00661 e. The summed E-state index contributed by atoms with van der Waals surface area (Å²) in [4.78, 5) is 0. The van der Waals surface area contributed by atoms with Crippen molar-refractivity contribution in [2.24, 2.45) is 0 Å². The quantitative estimate of drug-likeness (QED) is 0.694. The Morgan fingerprint density at radius 1 is 1.38 bits per heavy atom. The minimum Gasteiger partial charge on any atom is -0.0925 e. The lowest BCUT2D eigenvalue weighted by Crippen LogP contribution is -1.84. The maximum absolute atomic E-state index is 3.42. The van der Waals surface area contributed by atoms with Crippen LogP contribution in [0.5, 0.6) is 0 Å². The fourth-order valence-electron chi connectivity index (χ4n) is 1.40. The Labute approximate surface area is 88.8 Å². The summed E-state index contributed by atoms with van der Waals surface area (Å²) in [5.74, 6) is 0. The van der Waals surface area contributed by atoms with Crippen LogP contribution in [0.3, 0.4) is 0 Å². The molecule has 0 aliphatic heterocycles. The van der Waals surface area contributed by atoms with Crippen molar-refractivity contribution in [2.45, 2.75) is 20.3 Å². The molecule has 1 heteroatoms. The molecule has 1 aromatic rings. The monoisotopic (exact) mass is 238 g/mol. The zero-order valence-corrected chi connectivity index (χ0v) is 9.76. The van der Waals surface area contributed by atoms with Crippen molar-refractivity contribution in [1.82, 2.24) is 0 Å². The standard InChI is InChI=1S/C12H15Br/c1-10-6-3-4-8-12(10)11(2)7-5-9-13/h3-4,6-8H,5,9H2,1-2H3/b11-7+. The topological polar surface area (TPSA) is 0 Å². The smallest absolute Gasteiger partial charge is 0.00661 e. The minimum atomic E-state index is 1.04. The summed E-state index contributed by atoms with van der Waals surface area (Å²) in [6.07, 6.45) is 3.37. The maximum atomic E-state index is 3.42. The van der Waals surface area contributed by atoms with Gasteiger partial charge in [-0.15, -0.1) is 0 Å². The van der Waals surface area contributed by atoms with E-state index in [4.69, 9.17) is 0 Å². The molecular weight excluding hydrogens is 224 g/mol. The van der Waals surface area contributed by atoms with E-state index in [2.05, 4.69) is 60.1 Å². The fraction of sp³-hybridized carbons (Fsp3) is 0.333. The van der Waals surface area contributed by atoms with Crippen molar-refractivity contribution in [3.8, 4) is 0 Å². The van der Waals surface area contributed by atoms with Crippen LogP contribution < -0.4 is 0 Å². The molecule has 0 N–H and O–H groups in total. The van der Waals surface area contributed by atoms with Crippen LogP contribution in [0, 0.1) is 6.92 Å². The summed E-state index contributed by atoms with van der Waals surface area (Å²) in [6, 6.07) is 8.50. The molecule has 0 nitrogen and oxygen atoms in total. The number of benzene rings is 1. The Kier molecular flexibility index (Phi) is 4.23. The molecule has 0 heterocycles. The highest BCUT2D eigenvalue weighted by atomic mass is 79.9. The van der Waals surface area contributed by atoms with Crippen LogP contribution in [0.1, 0.15) is 24.5 Å². The Hall–Kier alpha value is -0.560. The van der Waals surface area contributed by atoms with Gasteiger partial charge in [0.05, 0.1) is 0 Å². The highest BCUT2D eigenvalue weighted by Gasteiger charge is 1.97. The predicted molar refractivity (Wildman–Crippen MR) is 63.2 cm³/mol. The molecule has 0 spiro atoms. The molecule has 0 fully saturated rings. The molecule has 0 bridgehead atoms. The molecule has 70 valence electrons. The fourth-order valence-corrected chi connectivity index (χ4v) is 1.63. The van der Waals surface area contributed by atoms with E-state index in [1.807, 2.05) is 0 Å². The van der Waals surface area contributed by atoms with Gasteiger partial charge in [0.15, 0.2) is 0 Å². The minimum absolute atomic E-state index is 1.04. The number of aryl methyl sites for hydroxylation is 1. The molecule has 0 aliphatic carbocycles. The van der Waals surface area contributed by atoms with E-state index in [1.54, 1.807) is 0 Å². The van der Waals surface area contributed by atoms with Gasteiger partial charge < -0.3 is 0 Å². The molecule has 0 saturated carbocycles. The molecule has 0 radical (unpaired) electrons. The largest absolute Gasteiger partial charge is 0.0925 e. The average molecular weight is 239 g/mol. The highest BCUT2D eigenvalue weighted by Crippen LogP contribution is 2.18. The summed E-state index contributed by atoms with van der Waals surface area (Å²) in [5, 5.41) is 1.04. The van der Waals surface area contributed by atoms with Gasteiger partial charge in [-0.05, 0) is 37.0 Å². The van der Waals surface area contributed by atoms with Crippen LogP contribution >= 0.6 is 15.9 Å². The first-order valence-corrected chi connectivity index (χ1v) is 5.66. The molecule has 1 rings (SSSR count). The van der Waals surface area contributed by atoms with E-state index >= 15 is 0 Å². The molecule has 0 aromatic heterocycles. The van der Waals surface area contributed by atoms with Gasteiger partial charge >= 0.3 is 0 Å². The van der Waals surface area contributed by atoms with Gasteiger partial charge in [0.25, 0.3) is 0 Å². The van der Waals surface area contributed by atoms with Crippen LogP contribution in [0.25, 0.3) is 5.57 Å². The molecular formula is C12H15Br. The number of allylic oxidation sites excluding steroid dienone is 2. The molecule has 0 aliphatic rings. The van der Waals surface area contributed by atoms with Crippen LogP contribution in [0.15, 0.2) is 30.3 Å². The second-order valence-electron chi connectivity index (χ2n) is 3.18. The van der Waals surface area contributed by atoms with E-state index in [9.17, 15) is 0 Å². The number of alkyl halides is 1. The second kappa shape index (κ2) is 5.23. The van der Waals surface area contributed by atoms with E-state index in [-0.39, 0.29) is 0 Å². The Morgan fingerprint density at radius 3 is 2.69 bits per heavy atom. The first kappa shape index (κ1) is 10.5. The molecule has 1 aromatic carbocycles. The van der Waals surface area contributed by atoms with Crippen LogP contribution in [0.2, 0.25) is 0 Å².